The second kappa shape index (κ2) is 7.19. The van der Waals surface area contributed by atoms with Crippen LogP contribution < -0.4 is 0 Å². The Hall–Kier alpha value is -3.60. The minimum Gasteiger partial charge on any atom is -0.505 e. The van der Waals surface area contributed by atoms with E-state index in [1.807, 2.05) is 67.7 Å². The summed E-state index contributed by atoms with van der Waals surface area (Å²) in [6, 6.07) is 19.2. The van der Waals surface area contributed by atoms with Crippen molar-refractivity contribution in [2.45, 2.75) is 20.3 Å². The zero-order chi connectivity index (χ0) is 19.7. The van der Waals surface area contributed by atoms with Gasteiger partial charge in [0.05, 0.1) is 0 Å². The zero-order valence-corrected chi connectivity index (χ0v) is 15.8. The van der Waals surface area contributed by atoms with Gasteiger partial charge in [-0.05, 0) is 48.1 Å². The molecule has 5 heteroatoms. The molecule has 28 heavy (non-hydrogen) atoms. The number of nitrogens with zero attached hydrogens (tertiary/aromatic N) is 3. The van der Waals surface area contributed by atoms with Gasteiger partial charge in [-0.2, -0.15) is 0 Å². The second-order valence-electron chi connectivity index (χ2n) is 6.73. The number of aromatic nitrogens is 1. The summed E-state index contributed by atoms with van der Waals surface area (Å²) in [5, 5.41) is 31.2. The van der Waals surface area contributed by atoms with E-state index in [-0.39, 0.29) is 11.6 Å². The predicted molar refractivity (Wildman–Crippen MR) is 111 cm³/mol. The molecule has 0 fully saturated rings. The topological polar surface area (TPSA) is 70.1 Å². The Morgan fingerprint density at radius 2 is 1.64 bits per heavy atom. The average molecular weight is 371 g/mol. The van der Waals surface area contributed by atoms with E-state index in [0.717, 1.165) is 23.1 Å². The van der Waals surface area contributed by atoms with Gasteiger partial charge in [0.15, 0.2) is 11.4 Å². The maximum absolute atomic E-state index is 10.7. The van der Waals surface area contributed by atoms with Crippen molar-refractivity contribution in [2.75, 3.05) is 0 Å². The number of hydrogen-bond donors (Lipinski definition) is 2. The zero-order valence-electron chi connectivity index (χ0n) is 15.8. The number of hydrogen-bond acceptors (Lipinski definition) is 4. The van der Waals surface area contributed by atoms with E-state index >= 15 is 0 Å². The van der Waals surface area contributed by atoms with Crippen LogP contribution in [0.15, 0.2) is 77.1 Å². The van der Waals surface area contributed by atoms with Gasteiger partial charge < -0.3 is 10.2 Å². The van der Waals surface area contributed by atoms with Gasteiger partial charge >= 0.3 is 0 Å². The van der Waals surface area contributed by atoms with Gasteiger partial charge in [-0.25, -0.2) is 0 Å². The van der Waals surface area contributed by atoms with Crippen molar-refractivity contribution >= 4 is 22.1 Å². The van der Waals surface area contributed by atoms with Crippen molar-refractivity contribution in [2.24, 2.45) is 10.2 Å². The largest absolute Gasteiger partial charge is 0.505 e. The number of phenolic OH excluding ortho intramolecular Hbond substituents is 1. The van der Waals surface area contributed by atoms with Crippen molar-refractivity contribution in [1.29, 1.82) is 0 Å². The quantitative estimate of drug-likeness (QED) is 0.412. The van der Waals surface area contributed by atoms with Crippen LogP contribution in [0.4, 0.5) is 11.4 Å². The molecule has 1 heterocycles. The molecule has 0 saturated heterocycles. The summed E-state index contributed by atoms with van der Waals surface area (Å²) in [5.41, 5.74) is 3.62. The number of benzene rings is 3. The van der Waals surface area contributed by atoms with Gasteiger partial charge in [-0.15, -0.1) is 10.2 Å². The van der Waals surface area contributed by atoms with E-state index in [2.05, 4.69) is 17.2 Å². The third-order valence-electron chi connectivity index (χ3n) is 4.90. The molecule has 0 aliphatic carbocycles. The molecule has 1 aromatic heterocycles. The van der Waals surface area contributed by atoms with E-state index < -0.39 is 0 Å². The lowest BCUT2D eigenvalue weighted by Crippen LogP contribution is -1.91. The fraction of sp³-hybridized carbons (Fsp3) is 0.130. The molecule has 4 rings (SSSR count). The average Bonchev–Trinajstić information content (AvgIpc) is 3.01. The van der Waals surface area contributed by atoms with Crippen LogP contribution in [0.5, 0.6) is 11.6 Å². The van der Waals surface area contributed by atoms with E-state index in [9.17, 15) is 10.2 Å². The number of aromatic hydroxyl groups is 2. The normalized spacial score (nSPS) is 11.5. The number of azo groups is 1. The summed E-state index contributed by atoms with van der Waals surface area (Å²) >= 11 is 0. The Morgan fingerprint density at radius 3 is 2.39 bits per heavy atom. The molecule has 0 atom stereocenters. The van der Waals surface area contributed by atoms with Crippen LogP contribution in [0, 0.1) is 6.92 Å². The van der Waals surface area contributed by atoms with Gasteiger partial charge in [0.2, 0.25) is 5.88 Å². The smallest absolute Gasteiger partial charge is 0.224 e. The number of fused-ring (bicyclic) bond motifs is 1. The molecule has 0 bridgehead atoms. The lowest BCUT2D eigenvalue weighted by Gasteiger charge is -2.06. The molecular weight excluding hydrogens is 350 g/mol. The van der Waals surface area contributed by atoms with Gasteiger partial charge in [-0.1, -0.05) is 49.4 Å². The molecule has 0 saturated carbocycles. The predicted octanol–water partition coefficient (Wildman–Crippen LogP) is 6.33. The minimum absolute atomic E-state index is 0.0192. The maximum Gasteiger partial charge on any atom is 0.224 e. The Balaban J connectivity index is 1.70. The van der Waals surface area contributed by atoms with Crippen molar-refractivity contribution in [1.82, 2.24) is 4.57 Å². The molecule has 0 amide bonds. The first-order valence-corrected chi connectivity index (χ1v) is 9.21. The molecule has 0 spiro atoms. The third-order valence-corrected chi connectivity index (χ3v) is 4.90. The molecule has 0 aliphatic rings. The van der Waals surface area contributed by atoms with E-state index in [4.69, 9.17) is 0 Å². The lowest BCUT2D eigenvalue weighted by molar-refractivity contribution is 0.444. The first-order valence-electron chi connectivity index (χ1n) is 9.21. The van der Waals surface area contributed by atoms with E-state index in [1.54, 1.807) is 10.6 Å². The van der Waals surface area contributed by atoms with E-state index in [1.165, 1.54) is 5.56 Å². The first kappa shape index (κ1) is 17.8. The van der Waals surface area contributed by atoms with Crippen LogP contribution >= 0.6 is 0 Å². The fourth-order valence-electron chi connectivity index (χ4n) is 3.25. The van der Waals surface area contributed by atoms with Gasteiger partial charge in [0.1, 0.15) is 5.69 Å². The molecule has 0 radical (unpaired) electrons. The minimum atomic E-state index is 0.0192. The summed E-state index contributed by atoms with van der Waals surface area (Å²) in [6.07, 6.45) is 2.79. The fourth-order valence-corrected chi connectivity index (χ4v) is 3.25. The molecular formula is C23H21N3O2. The molecule has 0 aliphatic heterocycles. The van der Waals surface area contributed by atoms with Crippen LogP contribution in [0.2, 0.25) is 0 Å². The molecule has 4 aromatic rings. The van der Waals surface area contributed by atoms with Crippen LogP contribution in [0.25, 0.3) is 16.5 Å². The SMILES string of the molecule is CCc1ccc(-n2cc(C)c(N=Nc3ccc4ccccc4c3O)c2O)cc1. The molecule has 140 valence electrons. The monoisotopic (exact) mass is 371 g/mol. The van der Waals surface area contributed by atoms with Crippen LogP contribution in [-0.4, -0.2) is 14.8 Å². The highest BCUT2D eigenvalue weighted by atomic mass is 16.3. The molecule has 0 unspecified atom stereocenters. The summed E-state index contributed by atoms with van der Waals surface area (Å²) < 4.78 is 1.68. The third kappa shape index (κ3) is 3.11. The van der Waals surface area contributed by atoms with Crippen LogP contribution in [0.1, 0.15) is 18.1 Å². The maximum atomic E-state index is 10.7. The highest BCUT2D eigenvalue weighted by Gasteiger charge is 2.14. The van der Waals surface area contributed by atoms with Crippen LogP contribution in [0.3, 0.4) is 0 Å². The highest BCUT2D eigenvalue weighted by Crippen LogP contribution is 2.39. The molecule has 2 N–H and O–H groups in total. The Morgan fingerprint density at radius 1 is 0.893 bits per heavy atom. The first-order chi connectivity index (χ1) is 13.6. The second-order valence-corrected chi connectivity index (χ2v) is 6.73. The lowest BCUT2D eigenvalue weighted by atomic mass is 10.1. The van der Waals surface area contributed by atoms with Gasteiger partial charge in [0, 0.05) is 17.3 Å². The molecule has 5 nitrogen and oxygen atoms in total. The Kier molecular flexibility index (Phi) is 4.57. The number of aryl methyl sites for hydroxylation is 2. The van der Waals surface area contributed by atoms with Crippen molar-refractivity contribution < 1.29 is 10.2 Å². The summed E-state index contributed by atoms with van der Waals surface area (Å²) in [7, 11) is 0. The van der Waals surface area contributed by atoms with Gasteiger partial charge in [0.25, 0.3) is 0 Å². The van der Waals surface area contributed by atoms with Crippen LogP contribution in [-0.2, 0) is 6.42 Å². The van der Waals surface area contributed by atoms with E-state index in [0.29, 0.717) is 16.8 Å². The van der Waals surface area contributed by atoms with Gasteiger partial charge in [-0.3, -0.25) is 4.57 Å². The Bertz CT molecular complexity index is 1170. The molecule has 3 aromatic carbocycles. The Labute approximate surface area is 163 Å². The van der Waals surface area contributed by atoms with Crippen molar-refractivity contribution in [3.8, 4) is 17.3 Å². The summed E-state index contributed by atoms with van der Waals surface area (Å²) in [4.78, 5) is 0. The standard InChI is InChI=1S/C23H21N3O2/c1-3-16-8-11-18(12-9-16)26-14-15(2)21(23(26)28)25-24-20-13-10-17-6-4-5-7-19(17)22(20)27/h4-14,27-28H,3H2,1-2H3. The highest BCUT2D eigenvalue weighted by molar-refractivity contribution is 5.92. The number of rotatable bonds is 4. The summed E-state index contributed by atoms with van der Waals surface area (Å²) in [6.45, 7) is 3.97. The summed E-state index contributed by atoms with van der Waals surface area (Å²) in [5.74, 6) is 0.0966. The van der Waals surface area contributed by atoms with Crippen molar-refractivity contribution in [3.05, 3.63) is 78.0 Å². The van der Waals surface area contributed by atoms with Crippen molar-refractivity contribution in [3.63, 3.8) is 0 Å². The number of phenols is 1.